The number of anilines is 2. The minimum Gasteiger partial charge on any atom is -0.355 e. The van der Waals surface area contributed by atoms with Gasteiger partial charge in [0.2, 0.25) is 0 Å². The number of allylic oxidation sites excluding steroid dienone is 2. The second-order valence-corrected chi connectivity index (χ2v) is 5.98. The lowest BCUT2D eigenvalue weighted by Crippen LogP contribution is -2.04. The first kappa shape index (κ1) is 13.1. The van der Waals surface area contributed by atoms with Crippen LogP contribution in [-0.2, 0) is 12.8 Å². The quantitative estimate of drug-likeness (QED) is 0.609. The van der Waals surface area contributed by atoms with Crippen LogP contribution in [0.25, 0.3) is 10.8 Å². The van der Waals surface area contributed by atoms with Crippen molar-refractivity contribution in [3.63, 3.8) is 0 Å². The zero-order chi connectivity index (χ0) is 14.9. The minimum atomic E-state index is 1.01. The van der Waals surface area contributed by atoms with Crippen LogP contribution in [0.1, 0.15) is 16.7 Å². The normalized spacial score (nSPS) is 13.1. The van der Waals surface area contributed by atoms with E-state index >= 15 is 0 Å². The van der Waals surface area contributed by atoms with Crippen molar-refractivity contribution < 1.29 is 0 Å². The summed E-state index contributed by atoms with van der Waals surface area (Å²) < 4.78 is 0. The first-order valence-electron chi connectivity index (χ1n) is 7.83. The molecule has 3 aromatic carbocycles. The minimum absolute atomic E-state index is 1.01. The standard InChI is InChI=1S/C21H19N/c1-15-10-12-18(13-11-15)22-21-19-8-4-2-6-16(19)14-17-7-3-5-9-20(17)21/h2-6,8,10-14,22H,7,9H2,1H3. The topological polar surface area (TPSA) is 12.0 Å². The molecule has 1 heteroatoms. The number of rotatable bonds is 2. The average Bonchev–Trinajstić information content (AvgIpc) is 2.56. The van der Waals surface area contributed by atoms with Gasteiger partial charge in [-0.15, -0.1) is 0 Å². The number of hydrogen-bond acceptors (Lipinski definition) is 1. The van der Waals surface area contributed by atoms with Gasteiger partial charge in [0.1, 0.15) is 0 Å². The number of aryl methyl sites for hydroxylation is 1. The Morgan fingerprint density at radius 2 is 1.64 bits per heavy atom. The van der Waals surface area contributed by atoms with Crippen LogP contribution in [0.5, 0.6) is 0 Å². The Hall–Kier alpha value is -2.54. The van der Waals surface area contributed by atoms with Gasteiger partial charge >= 0.3 is 0 Å². The van der Waals surface area contributed by atoms with Crippen molar-refractivity contribution in [2.24, 2.45) is 0 Å². The predicted octanol–water partition coefficient (Wildman–Crippen LogP) is 5.55. The summed E-state index contributed by atoms with van der Waals surface area (Å²) >= 11 is 0. The van der Waals surface area contributed by atoms with Gasteiger partial charge in [0.05, 0.1) is 5.69 Å². The number of hydrogen-bond donors (Lipinski definition) is 1. The number of fused-ring (bicyclic) bond motifs is 2. The summed E-state index contributed by atoms with van der Waals surface area (Å²) in [6, 6.07) is 19.6. The molecule has 108 valence electrons. The van der Waals surface area contributed by atoms with E-state index in [2.05, 4.69) is 79.0 Å². The fraction of sp³-hybridized carbons (Fsp3) is 0.143. The summed E-state index contributed by atoms with van der Waals surface area (Å²) in [5, 5.41) is 6.28. The summed E-state index contributed by atoms with van der Waals surface area (Å²) in [4.78, 5) is 0. The molecule has 0 unspecified atom stereocenters. The van der Waals surface area contributed by atoms with Crippen LogP contribution in [0.4, 0.5) is 11.4 Å². The maximum atomic E-state index is 3.67. The van der Waals surface area contributed by atoms with Gasteiger partial charge in [-0.2, -0.15) is 0 Å². The smallest absolute Gasteiger partial charge is 0.0502 e. The molecule has 1 nitrogen and oxygen atoms in total. The molecule has 0 atom stereocenters. The monoisotopic (exact) mass is 285 g/mol. The highest BCUT2D eigenvalue weighted by molar-refractivity contribution is 5.98. The first-order valence-corrected chi connectivity index (χ1v) is 7.83. The van der Waals surface area contributed by atoms with Crippen LogP contribution in [0, 0.1) is 6.92 Å². The first-order chi connectivity index (χ1) is 10.8. The van der Waals surface area contributed by atoms with Gasteiger partial charge in [-0.05, 0) is 48.4 Å². The Morgan fingerprint density at radius 3 is 2.50 bits per heavy atom. The molecular formula is C21H19N. The number of nitrogens with one attached hydrogen (secondary N) is 1. The van der Waals surface area contributed by atoms with Gasteiger partial charge in [0.15, 0.2) is 0 Å². The molecule has 0 heterocycles. The number of benzene rings is 3. The Labute approximate surface area is 131 Å². The van der Waals surface area contributed by atoms with Crippen LogP contribution in [-0.4, -0.2) is 0 Å². The zero-order valence-corrected chi connectivity index (χ0v) is 12.8. The molecule has 0 aromatic heterocycles. The highest BCUT2D eigenvalue weighted by atomic mass is 14.9. The van der Waals surface area contributed by atoms with Gasteiger partial charge in [0, 0.05) is 11.1 Å². The zero-order valence-electron chi connectivity index (χ0n) is 12.8. The van der Waals surface area contributed by atoms with E-state index in [-0.39, 0.29) is 0 Å². The molecule has 22 heavy (non-hydrogen) atoms. The van der Waals surface area contributed by atoms with E-state index in [0.29, 0.717) is 0 Å². The SMILES string of the molecule is Cc1ccc(Nc2c3c(cc4ccccc24)CC=CC3)cc1. The average molecular weight is 285 g/mol. The second-order valence-electron chi connectivity index (χ2n) is 5.98. The molecule has 4 rings (SSSR count). The second kappa shape index (κ2) is 5.34. The van der Waals surface area contributed by atoms with Crippen molar-refractivity contribution in [3.05, 3.63) is 83.4 Å². The highest BCUT2D eigenvalue weighted by Gasteiger charge is 2.14. The summed E-state index contributed by atoms with van der Waals surface area (Å²) in [7, 11) is 0. The van der Waals surface area contributed by atoms with E-state index in [1.807, 2.05) is 0 Å². The van der Waals surface area contributed by atoms with Crippen LogP contribution in [0.2, 0.25) is 0 Å². The summed E-state index contributed by atoms with van der Waals surface area (Å²) in [6.07, 6.45) is 6.58. The van der Waals surface area contributed by atoms with Crippen LogP contribution < -0.4 is 5.32 Å². The van der Waals surface area contributed by atoms with Crippen molar-refractivity contribution in [1.29, 1.82) is 0 Å². The predicted molar refractivity (Wildman–Crippen MR) is 95.0 cm³/mol. The van der Waals surface area contributed by atoms with E-state index in [1.54, 1.807) is 0 Å². The van der Waals surface area contributed by atoms with Crippen molar-refractivity contribution in [1.82, 2.24) is 0 Å². The molecule has 0 saturated carbocycles. The maximum absolute atomic E-state index is 3.67. The fourth-order valence-corrected chi connectivity index (χ4v) is 3.20. The van der Waals surface area contributed by atoms with E-state index in [1.165, 1.54) is 33.2 Å². The summed E-state index contributed by atoms with van der Waals surface area (Å²) in [5.41, 5.74) is 6.58. The Morgan fingerprint density at radius 1 is 0.864 bits per heavy atom. The van der Waals surface area contributed by atoms with Gasteiger partial charge in [-0.1, -0.05) is 60.2 Å². The van der Waals surface area contributed by atoms with E-state index in [4.69, 9.17) is 0 Å². The van der Waals surface area contributed by atoms with Gasteiger partial charge < -0.3 is 5.32 Å². The van der Waals surface area contributed by atoms with Crippen molar-refractivity contribution in [2.45, 2.75) is 19.8 Å². The lowest BCUT2D eigenvalue weighted by Gasteiger charge is -2.20. The molecule has 0 spiro atoms. The molecular weight excluding hydrogens is 266 g/mol. The van der Waals surface area contributed by atoms with Crippen molar-refractivity contribution in [3.8, 4) is 0 Å². The molecule has 0 saturated heterocycles. The van der Waals surface area contributed by atoms with Crippen molar-refractivity contribution >= 4 is 22.1 Å². The maximum Gasteiger partial charge on any atom is 0.0502 e. The molecule has 0 radical (unpaired) electrons. The van der Waals surface area contributed by atoms with E-state index in [0.717, 1.165) is 18.5 Å². The third kappa shape index (κ3) is 2.29. The molecule has 1 aliphatic rings. The molecule has 0 amide bonds. The van der Waals surface area contributed by atoms with E-state index in [9.17, 15) is 0 Å². The van der Waals surface area contributed by atoms with E-state index < -0.39 is 0 Å². The van der Waals surface area contributed by atoms with Crippen molar-refractivity contribution in [2.75, 3.05) is 5.32 Å². The Kier molecular flexibility index (Phi) is 3.19. The van der Waals surface area contributed by atoms with Gasteiger partial charge in [-0.3, -0.25) is 0 Å². The molecule has 0 aliphatic heterocycles. The van der Waals surface area contributed by atoms with Gasteiger partial charge in [-0.25, -0.2) is 0 Å². The molecule has 3 aromatic rings. The highest BCUT2D eigenvalue weighted by Crippen LogP contribution is 2.35. The largest absolute Gasteiger partial charge is 0.355 e. The molecule has 0 bridgehead atoms. The summed E-state index contributed by atoms with van der Waals surface area (Å²) in [5.74, 6) is 0. The molecule has 1 aliphatic carbocycles. The molecule has 0 fully saturated rings. The lowest BCUT2D eigenvalue weighted by molar-refractivity contribution is 1.10. The van der Waals surface area contributed by atoms with Crippen LogP contribution >= 0.6 is 0 Å². The van der Waals surface area contributed by atoms with Gasteiger partial charge in [0.25, 0.3) is 0 Å². The molecule has 1 N–H and O–H groups in total. The summed E-state index contributed by atoms with van der Waals surface area (Å²) in [6.45, 7) is 2.12. The fourth-order valence-electron chi connectivity index (χ4n) is 3.20. The lowest BCUT2D eigenvalue weighted by atomic mass is 9.91. The van der Waals surface area contributed by atoms with Crippen LogP contribution in [0.3, 0.4) is 0 Å². The third-order valence-electron chi connectivity index (χ3n) is 4.40. The Balaban J connectivity index is 1.89. The Bertz CT molecular complexity index is 857. The van der Waals surface area contributed by atoms with Crippen LogP contribution in [0.15, 0.2) is 66.7 Å². The third-order valence-corrected chi connectivity index (χ3v) is 4.40.